The van der Waals surface area contributed by atoms with Crippen LogP contribution in [-0.4, -0.2) is 54.3 Å². The molecule has 0 unspecified atom stereocenters. The molecule has 1 heterocycles. The number of hydrogen-bond acceptors (Lipinski definition) is 6. The third-order valence-electron chi connectivity index (χ3n) is 6.19. The first-order chi connectivity index (χ1) is 16.8. The van der Waals surface area contributed by atoms with Crippen LogP contribution in [0.2, 0.25) is 0 Å². The van der Waals surface area contributed by atoms with Crippen molar-refractivity contribution >= 4 is 11.8 Å². The summed E-state index contributed by atoms with van der Waals surface area (Å²) in [6.45, 7) is 5.12. The molecule has 8 heteroatoms. The zero-order valence-electron chi connectivity index (χ0n) is 20.6. The molecular formula is C27H38N4O4. The summed E-state index contributed by atoms with van der Waals surface area (Å²) in [5.41, 5.74) is 8.24. The molecule has 3 rings (SSSR count). The van der Waals surface area contributed by atoms with E-state index < -0.39 is 30.1 Å². The number of aliphatic hydroxyl groups is 1. The Bertz CT molecular complexity index is 953. The fourth-order valence-corrected chi connectivity index (χ4v) is 4.11. The first kappa shape index (κ1) is 26.7. The van der Waals surface area contributed by atoms with Gasteiger partial charge in [0.05, 0.1) is 12.7 Å². The summed E-state index contributed by atoms with van der Waals surface area (Å²) in [6.07, 6.45) is 0.797. The van der Waals surface area contributed by atoms with E-state index in [1.165, 1.54) is 0 Å². The fraction of sp³-hybridized carbons (Fsp3) is 0.481. The van der Waals surface area contributed by atoms with E-state index >= 15 is 0 Å². The van der Waals surface area contributed by atoms with Gasteiger partial charge in [-0.1, -0.05) is 56.3 Å². The van der Waals surface area contributed by atoms with E-state index in [1.807, 2.05) is 68.4 Å². The Balaban J connectivity index is 1.83. The number of benzene rings is 2. The third-order valence-corrected chi connectivity index (χ3v) is 6.19. The molecule has 0 aromatic heterocycles. The Morgan fingerprint density at radius 2 is 1.80 bits per heavy atom. The average molecular weight is 483 g/mol. The summed E-state index contributed by atoms with van der Waals surface area (Å²) in [5, 5.41) is 20.1. The lowest BCUT2D eigenvalue weighted by Crippen LogP contribution is -2.61. The molecule has 4 atom stereocenters. The van der Waals surface area contributed by atoms with Crippen molar-refractivity contribution in [2.45, 2.75) is 63.9 Å². The highest BCUT2D eigenvalue weighted by atomic mass is 16.5. The number of fused-ring (bicyclic) bond motifs is 2. The van der Waals surface area contributed by atoms with Crippen LogP contribution in [0, 0.1) is 5.92 Å². The topological polar surface area (TPSA) is 126 Å². The van der Waals surface area contributed by atoms with E-state index in [0.29, 0.717) is 26.1 Å². The second-order valence-electron chi connectivity index (χ2n) is 9.43. The minimum atomic E-state index is -1.18. The lowest BCUT2D eigenvalue weighted by Gasteiger charge is -2.30. The van der Waals surface area contributed by atoms with Crippen molar-refractivity contribution in [3.63, 3.8) is 0 Å². The second kappa shape index (κ2) is 13.2. The highest BCUT2D eigenvalue weighted by molar-refractivity contribution is 5.90. The van der Waals surface area contributed by atoms with Gasteiger partial charge in [-0.05, 0) is 48.4 Å². The SMILES string of the molecule is CC(C)[C@@H]1NC(=O)[C@@H]([C@H](O)[C@@H](N)Cc2ccccc2)NCc2cccc(c2)OCCCCNC1=O. The summed E-state index contributed by atoms with van der Waals surface area (Å²) >= 11 is 0. The number of aliphatic hydroxyl groups excluding tert-OH is 1. The number of nitrogens with two attached hydrogens (primary N) is 1. The van der Waals surface area contributed by atoms with Crippen LogP contribution in [0.4, 0.5) is 0 Å². The maximum atomic E-state index is 13.4. The normalized spacial score (nSPS) is 22.0. The predicted octanol–water partition coefficient (Wildman–Crippen LogP) is 1.51. The number of nitrogens with one attached hydrogen (secondary N) is 3. The van der Waals surface area contributed by atoms with Crippen molar-refractivity contribution < 1.29 is 19.4 Å². The Morgan fingerprint density at radius 3 is 2.54 bits per heavy atom. The largest absolute Gasteiger partial charge is 0.494 e. The Hall–Kier alpha value is -2.94. The molecule has 0 saturated heterocycles. The van der Waals surface area contributed by atoms with Gasteiger partial charge in [-0.3, -0.25) is 14.9 Å². The number of amides is 2. The fourth-order valence-electron chi connectivity index (χ4n) is 4.11. The summed E-state index contributed by atoms with van der Waals surface area (Å²) in [4.78, 5) is 26.2. The van der Waals surface area contributed by atoms with Crippen LogP contribution in [0.5, 0.6) is 5.75 Å². The highest BCUT2D eigenvalue weighted by Gasteiger charge is 2.34. The zero-order valence-corrected chi connectivity index (χ0v) is 20.6. The highest BCUT2D eigenvalue weighted by Crippen LogP contribution is 2.15. The van der Waals surface area contributed by atoms with Crippen molar-refractivity contribution in [3.8, 4) is 5.75 Å². The smallest absolute Gasteiger partial charge is 0.242 e. The number of carbonyl (C=O) groups is 2. The first-order valence-electron chi connectivity index (χ1n) is 12.4. The van der Waals surface area contributed by atoms with Gasteiger partial charge in [-0.2, -0.15) is 0 Å². The molecule has 2 bridgehead atoms. The Kier molecular flexibility index (Phi) is 10.1. The molecule has 1 aliphatic rings. The van der Waals surface area contributed by atoms with Crippen LogP contribution in [0.25, 0.3) is 0 Å². The van der Waals surface area contributed by atoms with Crippen molar-refractivity contribution in [3.05, 3.63) is 65.7 Å². The molecule has 0 radical (unpaired) electrons. The van der Waals surface area contributed by atoms with E-state index in [4.69, 9.17) is 10.5 Å². The van der Waals surface area contributed by atoms with Crippen LogP contribution in [0.3, 0.4) is 0 Å². The summed E-state index contributed by atoms with van der Waals surface area (Å²) < 4.78 is 5.84. The minimum absolute atomic E-state index is 0.131. The third kappa shape index (κ3) is 8.06. The molecule has 0 fully saturated rings. The van der Waals surface area contributed by atoms with Crippen LogP contribution in [0.1, 0.15) is 37.8 Å². The molecule has 8 nitrogen and oxygen atoms in total. The summed E-state index contributed by atoms with van der Waals surface area (Å²) in [7, 11) is 0. The molecular weight excluding hydrogens is 444 g/mol. The van der Waals surface area contributed by atoms with E-state index in [-0.39, 0.29) is 11.8 Å². The molecule has 2 amide bonds. The monoisotopic (exact) mass is 482 g/mol. The standard InChI is InChI=1S/C27H38N4O4/c1-18(2)23-26(33)29-13-6-7-14-35-21-12-8-11-20(15-21)17-30-24(27(34)31-23)25(32)22(28)16-19-9-4-3-5-10-19/h3-5,8-12,15,18,22-25,30,32H,6-7,13-14,16-17,28H2,1-2H3,(H,29,33)(H,31,34)/t22-,23-,24+,25+/m0/s1. The van der Waals surface area contributed by atoms with Crippen molar-refractivity contribution in [2.75, 3.05) is 13.2 Å². The second-order valence-corrected chi connectivity index (χ2v) is 9.43. The lowest BCUT2D eigenvalue weighted by atomic mass is 9.95. The molecule has 1 aliphatic heterocycles. The molecule has 0 saturated carbocycles. The van der Waals surface area contributed by atoms with Gasteiger partial charge in [-0.25, -0.2) is 0 Å². The number of rotatable bonds is 5. The van der Waals surface area contributed by atoms with Crippen LogP contribution in [0.15, 0.2) is 54.6 Å². The van der Waals surface area contributed by atoms with Gasteiger partial charge in [0.2, 0.25) is 11.8 Å². The molecule has 35 heavy (non-hydrogen) atoms. The number of hydrogen-bond donors (Lipinski definition) is 5. The number of ether oxygens (including phenoxy) is 1. The van der Waals surface area contributed by atoms with E-state index in [1.54, 1.807) is 0 Å². The van der Waals surface area contributed by atoms with Gasteiger partial charge in [0.1, 0.15) is 17.8 Å². The van der Waals surface area contributed by atoms with Crippen LogP contribution in [-0.2, 0) is 22.6 Å². The predicted molar refractivity (Wildman–Crippen MR) is 136 cm³/mol. The molecule has 190 valence electrons. The zero-order chi connectivity index (χ0) is 25.2. The van der Waals surface area contributed by atoms with Gasteiger partial charge in [0.15, 0.2) is 0 Å². The molecule has 6 N–H and O–H groups in total. The summed E-state index contributed by atoms with van der Waals surface area (Å²) in [5.74, 6) is -0.0981. The van der Waals surface area contributed by atoms with E-state index in [2.05, 4.69) is 16.0 Å². The summed E-state index contributed by atoms with van der Waals surface area (Å²) in [6, 6.07) is 14.8. The van der Waals surface area contributed by atoms with Crippen molar-refractivity contribution in [1.29, 1.82) is 0 Å². The van der Waals surface area contributed by atoms with Crippen LogP contribution >= 0.6 is 0 Å². The Labute approximate surface area is 207 Å². The average Bonchev–Trinajstić information content (AvgIpc) is 2.84. The Morgan fingerprint density at radius 1 is 1.03 bits per heavy atom. The molecule has 0 aliphatic carbocycles. The quantitative estimate of drug-likeness (QED) is 0.440. The number of carbonyl (C=O) groups excluding carboxylic acids is 2. The molecule has 0 spiro atoms. The van der Waals surface area contributed by atoms with Gasteiger partial charge in [0.25, 0.3) is 0 Å². The maximum Gasteiger partial charge on any atom is 0.242 e. The van der Waals surface area contributed by atoms with Gasteiger partial charge < -0.3 is 26.2 Å². The molecule has 2 aromatic carbocycles. The van der Waals surface area contributed by atoms with Gasteiger partial charge >= 0.3 is 0 Å². The maximum absolute atomic E-state index is 13.4. The van der Waals surface area contributed by atoms with E-state index in [0.717, 1.165) is 29.7 Å². The molecule has 2 aromatic rings. The van der Waals surface area contributed by atoms with Crippen LogP contribution < -0.4 is 26.4 Å². The lowest BCUT2D eigenvalue weighted by molar-refractivity contribution is -0.133. The van der Waals surface area contributed by atoms with Crippen molar-refractivity contribution in [2.24, 2.45) is 11.7 Å². The van der Waals surface area contributed by atoms with Crippen molar-refractivity contribution in [1.82, 2.24) is 16.0 Å². The van der Waals surface area contributed by atoms with E-state index in [9.17, 15) is 14.7 Å². The van der Waals surface area contributed by atoms with Gasteiger partial charge in [-0.15, -0.1) is 0 Å². The minimum Gasteiger partial charge on any atom is -0.494 e. The first-order valence-corrected chi connectivity index (χ1v) is 12.4. The van der Waals surface area contributed by atoms with Gasteiger partial charge in [0, 0.05) is 19.1 Å².